The number of aromatic amines is 1. The molecular weight excluding hydrogens is 518 g/mol. The summed E-state index contributed by atoms with van der Waals surface area (Å²) in [6.45, 7) is 4.03. The van der Waals surface area contributed by atoms with Crippen molar-refractivity contribution in [2.75, 3.05) is 0 Å². The van der Waals surface area contributed by atoms with Gasteiger partial charge in [-0.3, -0.25) is 4.79 Å². The van der Waals surface area contributed by atoms with Gasteiger partial charge in [-0.2, -0.15) is 5.10 Å². The topological polar surface area (TPSA) is 70.7 Å². The number of aryl methyl sites for hydroxylation is 2. The van der Waals surface area contributed by atoms with Crippen LogP contribution in [0.4, 0.5) is 0 Å². The van der Waals surface area contributed by atoms with E-state index in [1.807, 2.05) is 49.4 Å². The van der Waals surface area contributed by atoms with Crippen LogP contribution >= 0.6 is 0 Å². The zero-order valence-electron chi connectivity index (χ0n) is 23.3. The highest BCUT2D eigenvalue weighted by molar-refractivity contribution is 6.24. The number of furan rings is 1. The van der Waals surface area contributed by atoms with Crippen molar-refractivity contribution in [3.63, 3.8) is 0 Å². The Balaban J connectivity index is 0.000000139. The van der Waals surface area contributed by atoms with E-state index in [9.17, 15) is 4.79 Å². The van der Waals surface area contributed by atoms with Crippen molar-refractivity contribution in [2.45, 2.75) is 13.8 Å². The largest absolute Gasteiger partial charge is 0.456 e. The number of hydrogen-bond acceptors (Lipinski definition) is 4. The van der Waals surface area contributed by atoms with Gasteiger partial charge in [-0.15, -0.1) is 5.10 Å². The van der Waals surface area contributed by atoms with Crippen molar-refractivity contribution in [1.82, 2.24) is 4.98 Å². The van der Waals surface area contributed by atoms with E-state index < -0.39 is 0 Å². The molecule has 8 rings (SSSR count). The molecule has 0 saturated heterocycles. The highest BCUT2D eigenvalue weighted by Crippen LogP contribution is 2.36. The molecule has 7 aromatic rings. The van der Waals surface area contributed by atoms with Gasteiger partial charge in [0, 0.05) is 39.4 Å². The molecule has 0 bridgehead atoms. The fourth-order valence-electron chi connectivity index (χ4n) is 5.55. The van der Waals surface area contributed by atoms with E-state index in [2.05, 4.69) is 88.8 Å². The predicted molar refractivity (Wildman–Crippen MR) is 173 cm³/mol. The van der Waals surface area contributed by atoms with Crippen molar-refractivity contribution >= 4 is 44.8 Å². The molecule has 5 nitrogen and oxygen atoms in total. The number of H-pyrrole nitrogens is 1. The van der Waals surface area contributed by atoms with Gasteiger partial charge in [0.1, 0.15) is 16.9 Å². The van der Waals surface area contributed by atoms with Crippen molar-refractivity contribution < 1.29 is 4.42 Å². The molecule has 2 aromatic heterocycles. The quantitative estimate of drug-likeness (QED) is 0.175. The Hall–Kier alpha value is -5.55. The molecule has 0 fully saturated rings. The van der Waals surface area contributed by atoms with Gasteiger partial charge in [0.15, 0.2) is 0 Å². The van der Waals surface area contributed by atoms with Gasteiger partial charge in [0.05, 0.1) is 11.7 Å². The van der Waals surface area contributed by atoms with Crippen LogP contribution in [0.5, 0.6) is 0 Å². The highest BCUT2D eigenvalue weighted by Gasteiger charge is 2.23. The molecule has 202 valence electrons. The summed E-state index contributed by atoms with van der Waals surface area (Å²) in [5.41, 5.74) is 11.4. The lowest BCUT2D eigenvalue weighted by Crippen LogP contribution is -2.04. The Bertz CT molecular complexity index is 2190. The summed E-state index contributed by atoms with van der Waals surface area (Å²) in [6, 6.07) is 38.5. The second-order valence-corrected chi connectivity index (χ2v) is 10.5. The first kappa shape index (κ1) is 25.4. The normalized spacial score (nSPS) is 12.0. The van der Waals surface area contributed by atoms with E-state index in [0.29, 0.717) is 0 Å². The van der Waals surface area contributed by atoms with Crippen LogP contribution in [0.25, 0.3) is 44.0 Å². The molecule has 42 heavy (non-hydrogen) atoms. The molecule has 0 spiro atoms. The standard InChI is InChI=1S/C21H16N2.C16H11NO2/c1-15-10-12-16(13-11-15)14-22-23-21-19-8-4-2-6-17(19)18-7-3-5-9-20(18)21;1-9-6-16(18)17-13-8-15-12(7-11(9)13)10-4-2-3-5-14(10)19-15/h2-14H,1H3;2-8H,1H3,(H,17,18)/b22-14+;. The first-order valence-corrected chi connectivity index (χ1v) is 13.9. The van der Waals surface area contributed by atoms with Gasteiger partial charge < -0.3 is 9.40 Å². The molecule has 0 unspecified atom stereocenters. The third kappa shape index (κ3) is 4.61. The zero-order valence-corrected chi connectivity index (χ0v) is 23.3. The van der Waals surface area contributed by atoms with Gasteiger partial charge in [0.2, 0.25) is 5.56 Å². The van der Waals surface area contributed by atoms with Gasteiger partial charge in [0.25, 0.3) is 0 Å². The number of benzene rings is 5. The summed E-state index contributed by atoms with van der Waals surface area (Å²) in [5.74, 6) is 0. The molecule has 0 saturated carbocycles. The average Bonchev–Trinajstić information content (AvgIpc) is 3.53. The van der Waals surface area contributed by atoms with E-state index in [1.54, 1.807) is 12.3 Å². The Morgan fingerprint density at radius 2 is 1.29 bits per heavy atom. The van der Waals surface area contributed by atoms with Crippen LogP contribution < -0.4 is 5.56 Å². The first-order valence-electron chi connectivity index (χ1n) is 13.9. The summed E-state index contributed by atoms with van der Waals surface area (Å²) >= 11 is 0. The smallest absolute Gasteiger partial charge is 0.248 e. The molecular formula is C37H27N3O2. The molecule has 0 amide bonds. The highest BCUT2D eigenvalue weighted by atomic mass is 16.3. The predicted octanol–water partition coefficient (Wildman–Crippen LogP) is 8.58. The van der Waals surface area contributed by atoms with Crippen LogP contribution in [0.2, 0.25) is 0 Å². The molecule has 5 heteroatoms. The summed E-state index contributed by atoms with van der Waals surface area (Å²) < 4.78 is 5.82. The van der Waals surface area contributed by atoms with Crippen molar-refractivity contribution in [3.8, 4) is 11.1 Å². The lowest BCUT2D eigenvalue weighted by molar-refractivity contribution is 0.669. The minimum atomic E-state index is -0.0829. The summed E-state index contributed by atoms with van der Waals surface area (Å²) in [4.78, 5) is 14.4. The van der Waals surface area contributed by atoms with E-state index in [0.717, 1.165) is 60.8 Å². The maximum Gasteiger partial charge on any atom is 0.248 e. The van der Waals surface area contributed by atoms with E-state index in [1.165, 1.54) is 16.7 Å². The SMILES string of the molecule is Cc1cc(=O)[nH]c2cc3oc4ccccc4c3cc12.Cc1ccc(/C=N/N=C2c3ccccc3-c3ccccc32)cc1. The summed E-state index contributed by atoms with van der Waals surface area (Å²) in [7, 11) is 0. The fourth-order valence-corrected chi connectivity index (χ4v) is 5.55. The van der Waals surface area contributed by atoms with Crippen LogP contribution in [-0.4, -0.2) is 16.9 Å². The number of pyridine rings is 1. The number of rotatable bonds is 2. The number of nitrogens with one attached hydrogen (secondary N) is 1. The number of aromatic nitrogens is 1. The zero-order chi connectivity index (χ0) is 28.6. The Morgan fingerprint density at radius 1 is 0.643 bits per heavy atom. The average molecular weight is 546 g/mol. The molecule has 0 atom stereocenters. The summed E-state index contributed by atoms with van der Waals surface area (Å²) in [6.07, 6.45) is 1.80. The number of hydrogen-bond donors (Lipinski definition) is 1. The van der Waals surface area contributed by atoms with Gasteiger partial charge in [-0.25, -0.2) is 0 Å². The van der Waals surface area contributed by atoms with Crippen LogP contribution in [0.15, 0.2) is 135 Å². The Morgan fingerprint density at radius 3 is 2.00 bits per heavy atom. The summed E-state index contributed by atoms with van der Waals surface area (Å²) in [5, 5.41) is 12.1. The minimum Gasteiger partial charge on any atom is -0.456 e. The fraction of sp³-hybridized carbons (Fsp3) is 0.0541. The van der Waals surface area contributed by atoms with Gasteiger partial charge in [-0.1, -0.05) is 96.6 Å². The van der Waals surface area contributed by atoms with Crippen LogP contribution in [0.3, 0.4) is 0 Å². The van der Waals surface area contributed by atoms with Crippen LogP contribution in [0.1, 0.15) is 27.8 Å². The molecule has 1 aliphatic carbocycles. The number of para-hydroxylation sites is 1. The number of fused-ring (bicyclic) bond motifs is 7. The molecule has 0 aliphatic heterocycles. The minimum absolute atomic E-state index is 0.0829. The van der Waals surface area contributed by atoms with Crippen molar-refractivity contribution in [1.29, 1.82) is 0 Å². The number of nitrogens with zero attached hydrogens (tertiary/aromatic N) is 2. The second kappa shape index (κ2) is 10.5. The maximum atomic E-state index is 11.5. The lowest BCUT2D eigenvalue weighted by atomic mass is 10.1. The van der Waals surface area contributed by atoms with Gasteiger partial charge >= 0.3 is 0 Å². The van der Waals surface area contributed by atoms with Crippen LogP contribution in [0, 0.1) is 13.8 Å². The van der Waals surface area contributed by atoms with Crippen molar-refractivity contribution in [3.05, 3.63) is 153 Å². The van der Waals surface area contributed by atoms with E-state index >= 15 is 0 Å². The monoisotopic (exact) mass is 545 g/mol. The lowest BCUT2D eigenvalue weighted by Gasteiger charge is -2.01. The Kier molecular flexibility index (Phi) is 6.32. The first-order chi connectivity index (χ1) is 20.5. The molecule has 5 aromatic carbocycles. The molecule has 1 N–H and O–H groups in total. The molecule has 1 aliphatic rings. The third-order valence-corrected chi connectivity index (χ3v) is 7.64. The van der Waals surface area contributed by atoms with Crippen LogP contribution in [-0.2, 0) is 0 Å². The molecule has 0 radical (unpaired) electrons. The van der Waals surface area contributed by atoms with E-state index in [-0.39, 0.29) is 5.56 Å². The third-order valence-electron chi connectivity index (χ3n) is 7.64. The van der Waals surface area contributed by atoms with Gasteiger partial charge in [-0.05, 0) is 48.2 Å². The second-order valence-electron chi connectivity index (χ2n) is 10.5. The van der Waals surface area contributed by atoms with Crippen molar-refractivity contribution in [2.24, 2.45) is 10.2 Å². The van der Waals surface area contributed by atoms with E-state index in [4.69, 9.17) is 4.42 Å². The Labute approximate surface area is 242 Å². The molecule has 2 heterocycles. The maximum absolute atomic E-state index is 11.5.